The number of amides is 1. The molecule has 3 unspecified atom stereocenters. The molecule has 0 aromatic carbocycles. The van der Waals surface area contributed by atoms with Gasteiger partial charge in [0.1, 0.15) is 5.54 Å². The number of rotatable bonds is 5. The molecule has 2 rings (SSSR count). The smallest absolute Gasteiger partial charge is 0.329 e. The lowest BCUT2D eigenvalue weighted by atomic mass is 9.76. The lowest BCUT2D eigenvalue weighted by Gasteiger charge is -2.37. The summed E-state index contributed by atoms with van der Waals surface area (Å²) in [4.78, 5) is 23.6. The van der Waals surface area contributed by atoms with Crippen molar-refractivity contribution >= 4 is 11.9 Å². The molecule has 2 fully saturated rings. The van der Waals surface area contributed by atoms with Gasteiger partial charge in [0, 0.05) is 13.0 Å². The SMILES string of the molecule is CC1CCCC(NC(=O)CCC2CCCO2)(C(=O)O)C1. The first kappa shape index (κ1) is 15.3. The van der Waals surface area contributed by atoms with Crippen molar-refractivity contribution in [1.82, 2.24) is 5.32 Å². The van der Waals surface area contributed by atoms with E-state index in [-0.39, 0.29) is 12.0 Å². The zero-order valence-corrected chi connectivity index (χ0v) is 12.2. The van der Waals surface area contributed by atoms with Crippen molar-refractivity contribution in [2.75, 3.05) is 6.61 Å². The monoisotopic (exact) mass is 283 g/mol. The summed E-state index contributed by atoms with van der Waals surface area (Å²) in [7, 11) is 0. The van der Waals surface area contributed by atoms with E-state index >= 15 is 0 Å². The number of carbonyl (C=O) groups is 2. The molecule has 1 aliphatic carbocycles. The summed E-state index contributed by atoms with van der Waals surface area (Å²) >= 11 is 0. The van der Waals surface area contributed by atoms with Gasteiger partial charge in [0.15, 0.2) is 0 Å². The third-order valence-corrected chi connectivity index (χ3v) is 4.50. The molecule has 20 heavy (non-hydrogen) atoms. The molecule has 0 aromatic rings. The molecule has 1 saturated carbocycles. The van der Waals surface area contributed by atoms with E-state index in [0.29, 0.717) is 31.6 Å². The number of hydrogen-bond donors (Lipinski definition) is 2. The Kier molecular flexibility index (Phi) is 5.02. The highest BCUT2D eigenvalue weighted by molar-refractivity contribution is 5.87. The second-order valence-electron chi connectivity index (χ2n) is 6.31. The number of ether oxygens (including phenoxy) is 1. The Balaban J connectivity index is 1.87. The quantitative estimate of drug-likeness (QED) is 0.810. The van der Waals surface area contributed by atoms with Crippen LogP contribution in [0.3, 0.4) is 0 Å². The molecule has 2 N–H and O–H groups in total. The summed E-state index contributed by atoms with van der Waals surface area (Å²) in [5, 5.41) is 12.3. The molecular weight excluding hydrogens is 258 g/mol. The average Bonchev–Trinajstić information content (AvgIpc) is 2.89. The Bertz CT molecular complexity index is 365. The predicted octanol–water partition coefficient (Wildman–Crippen LogP) is 2.10. The topological polar surface area (TPSA) is 75.6 Å². The van der Waals surface area contributed by atoms with Crippen LogP contribution >= 0.6 is 0 Å². The Morgan fingerprint density at radius 2 is 2.15 bits per heavy atom. The molecule has 2 aliphatic rings. The molecular formula is C15H25NO4. The van der Waals surface area contributed by atoms with Crippen LogP contribution in [-0.4, -0.2) is 35.2 Å². The van der Waals surface area contributed by atoms with Crippen LogP contribution < -0.4 is 5.32 Å². The fourth-order valence-electron chi connectivity index (χ4n) is 3.41. The van der Waals surface area contributed by atoms with Gasteiger partial charge in [-0.1, -0.05) is 19.8 Å². The molecule has 0 aromatic heterocycles. The van der Waals surface area contributed by atoms with Crippen LogP contribution in [0, 0.1) is 5.92 Å². The first-order valence-corrected chi connectivity index (χ1v) is 7.68. The summed E-state index contributed by atoms with van der Waals surface area (Å²) < 4.78 is 5.49. The zero-order chi connectivity index (χ0) is 14.6. The predicted molar refractivity (Wildman–Crippen MR) is 74.3 cm³/mol. The minimum Gasteiger partial charge on any atom is -0.480 e. The number of hydrogen-bond acceptors (Lipinski definition) is 3. The van der Waals surface area contributed by atoms with Crippen molar-refractivity contribution in [3.05, 3.63) is 0 Å². The van der Waals surface area contributed by atoms with Crippen LogP contribution in [0.5, 0.6) is 0 Å². The molecule has 1 aliphatic heterocycles. The average molecular weight is 283 g/mol. The largest absolute Gasteiger partial charge is 0.480 e. The molecule has 0 radical (unpaired) electrons. The van der Waals surface area contributed by atoms with E-state index in [4.69, 9.17) is 4.74 Å². The third-order valence-electron chi connectivity index (χ3n) is 4.50. The van der Waals surface area contributed by atoms with E-state index in [1.165, 1.54) is 0 Å². The van der Waals surface area contributed by atoms with Gasteiger partial charge in [-0.15, -0.1) is 0 Å². The van der Waals surface area contributed by atoms with Crippen LogP contribution in [-0.2, 0) is 14.3 Å². The van der Waals surface area contributed by atoms with Gasteiger partial charge in [-0.05, 0) is 38.0 Å². The third kappa shape index (κ3) is 3.72. The molecule has 5 nitrogen and oxygen atoms in total. The van der Waals surface area contributed by atoms with Crippen LogP contribution in [0.4, 0.5) is 0 Å². The van der Waals surface area contributed by atoms with E-state index in [9.17, 15) is 14.7 Å². The number of aliphatic carboxylic acids is 1. The highest BCUT2D eigenvalue weighted by Crippen LogP contribution is 2.32. The molecule has 0 bridgehead atoms. The standard InChI is InChI=1S/C15H25NO4/c1-11-4-2-8-15(10-11,14(18)19)16-13(17)7-6-12-5-3-9-20-12/h11-12H,2-10H2,1H3,(H,16,17)(H,18,19). The van der Waals surface area contributed by atoms with E-state index in [1.807, 2.05) is 0 Å². The highest BCUT2D eigenvalue weighted by atomic mass is 16.5. The fourth-order valence-corrected chi connectivity index (χ4v) is 3.41. The maximum Gasteiger partial charge on any atom is 0.329 e. The van der Waals surface area contributed by atoms with Gasteiger partial charge >= 0.3 is 5.97 Å². The maximum atomic E-state index is 12.1. The van der Waals surface area contributed by atoms with Gasteiger partial charge in [-0.25, -0.2) is 4.79 Å². The summed E-state index contributed by atoms with van der Waals surface area (Å²) in [6.45, 7) is 2.83. The van der Waals surface area contributed by atoms with Crippen molar-refractivity contribution in [1.29, 1.82) is 0 Å². The molecule has 1 amide bonds. The number of nitrogens with one attached hydrogen (secondary N) is 1. The van der Waals surface area contributed by atoms with Crippen LogP contribution in [0.15, 0.2) is 0 Å². The van der Waals surface area contributed by atoms with Gasteiger partial charge in [-0.2, -0.15) is 0 Å². The maximum absolute atomic E-state index is 12.1. The van der Waals surface area contributed by atoms with Gasteiger partial charge < -0.3 is 15.2 Å². The Hall–Kier alpha value is -1.10. The van der Waals surface area contributed by atoms with Gasteiger partial charge in [0.2, 0.25) is 5.91 Å². The number of carboxylic acid groups (broad SMARTS) is 1. The van der Waals surface area contributed by atoms with Gasteiger partial charge in [0.05, 0.1) is 6.10 Å². The first-order chi connectivity index (χ1) is 9.52. The van der Waals surface area contributed by atoms with Crippen LogP contribution in [0.1, 0.15) is 58.3 Å². The molecule has 5 heteroatoms. The van der Waals surface area contributed by atoms with Crippen molar-refractivity contribution < 1.29 is 19.4 Å². The second-order valence-corrected chi connectivity index (χ2v) is 6.31. The van der Waals surface area contributed by atoms with Crippen molar-refractivity contribution in [3.63, 3.8) is 0 Å². The van der Waals surface area contributed by atoms with Crippen molar-refractivity contribution in [2.24, 2.45) is 5.92 Å². The van der Waals surface area contributed by atoms with Crippen molar-refractivity contribution in [3.8, 4) is 0 Å². The van der Waals surface area contributed by atoms with E-state index in [1.54, 1.807) is 0 Å². The highest BCUT2D eigenvalue weighted by Gasteiger charge is 2.43. The lowest BCUT2D eigenvalue weighted by molar-refractivity contribution is -0.150. The van der Waals surface area contributed by atoms with E-state index in [2.05, 4.69) is 12.2 Å². The summed E-state index contributed by atoms with van der Waals surface area (Å²) in [6.07, 6.45) is 6.27. The summed E-state index contributed by atoms with van der Waals surface area (Å²) in [6, 6.07) is 0. The Labute approximate surface area is 120 Å². The lowest BCUT2D eigenvalue weighted by Crippen LogP contribution is -2.56. The number of carboxylic acids is 1. The Morgan fingerprint density at radius 1 is 1.35 bits per heavy atom. The minimum atomic E-state index is -1.05. The molecule has 0 spiro atoms. The molecule has 1 heterocycles. The summed E-state index contributed by atoms with van der Waals surface area (Å²) in [5.41, 5.74) is -1.05. The normalized spacial score (nSPS) is 33.9. The second kappa shape index (κ2) is 6.57. The minimum absolute atomic E-state index is 0.156. The van der Waals surface area contributed by atoms with Gasteiger partial charge in [-0.3, -0.25) is 4.79 Å². The molecule has 3 atom stereocenters. The molecule has 1 saturated heterocycles. The fraction of sp³-hybridized carbons (Fsp3) is 0.867. The Morgan fingerprint density at radius 3 is 2.75 bits per heavy atom. The molecule has 114 valence electrons. The van der Waals surface area contributed by atoms with E-state index < -0.39 is 11.5 Å². The van der Waals surface area contributed by atoms with Crippen LogP contribution in [0.2, 0.25) is 0 Å². The summed E-state index contributed by atoms with van der Waals surface area (Å²) in [5.74, 6) is -0.704. The van der Waals surface area contributed by atoms with Crippen LogP contribution in [0.25, 0.3) is 0 Å². The first-order valence-electron chi connectivity index (χ1n) is 7.68. The zero-order valence-electron chi connectivity index (χ0n) is 12.2. The number of carbonyl (C=O) groups excluding carboxylic acids is 1. The van der Waals surface area contributed by atoms with Crippen molar-refractivity contribution in [2.45, 2.75) is 69.9 Å². The van der Waals surface area contributed by atoms with Gasteiger partial charge in [0.25, 0.3) is 0 Å². The van der Waals surface area contributed by atoms with E-state index in [0.717, 1.165) is 32.3 Å².